The van der Waals surface area contributed by atoms with Crippen molar-refractivity contribution in [3.05, 3.63) is 42.1 Å². The largest absolute Gasteiger partial charge is 0.467 e. The number of halogens is 3. The fourth-order valence-corrected chi connectivity index (χ4v) is 1.87. The summed E-state index contributed by atoms with van der Waals surface area (Å²) in [6.45, 7) is 4.27. The molecule has 2 rings (SSSR count). The molecule has 0 spiro atoms. The first-order chi connectivity index (χ1) is 9.39. The van der Waals surface area contributed by atoms with Crippen LogP contribution in [0.2, 0.25) is 0 Å². The number of nitrogens with one attached hydrogen (secondary N) is 1. The van der Waals surface area contributed by atoms with E-state index >= 15 is 0 Å². The van der Waals surface area contributed by atoms with E-state index in [4.69, 9.17) is 4.42 Å². The van der Waals surface area contributed by atoms with Crippen LogP contribution in [0.15, 0.2) is 35.2 Å². The molecule has 1 N–H and O–H groups in total. The summed E-state index contributed by atoms with van der Waals surface area (Å²) in [6.07, 6.45) is -0.677. The van der Waals surface area contributed by atoms with E-state index in [0.29, 0.717) is 17.9 Å². The smallest absolute Gasteiger partial charge is 0.417 e. The maximum Gasteiger partial charge on any atom is 0.417 e. The minimum atomic E-state index is -4.42. The summed E-state index contributed by atoms with van der Waals surface area (Å²) >= 11 is 0. The molecule has 0 aliphatic rings. The number of hydrogen-bond donors (Lipinski definition) is 1. The van der Waals surface area contributed by atoms with Crippen LogP contribution < -0.4 is 5.32 Å². The number of hydrogen-bond acceptors (Lipinski definition) is 3. The van der Waals surface area contributed by atoms with Crippen molar-refractivity contribution in [2.75, 3.05) is 0 Å². The molecule has 0 amide bonds. The molecule has 2 aromatic rings. The Morgan fingerprint density at radius 3 is 2.65 bits per heavy atom. The van der Waals surface area contributed by atoms with Gasteiger partial charge < -0.3 is 9.73 Å². The normalized spacial score (nSPS) is 12.1. The molecule has 0 unspecified atom stereocenters. The van der Waals surface area contributed by atoms with Crippen LogP contribution in [-0.2, 0) is 12.7 Å². The van der Waals surface area contributed by atoms with E-state index in [1.165, 1.54) is 18.5 Å². The number of pyridine rings is 1. The predicted molar refractivity (Wildman–Crippen MR) is 68.9 cm³/mol. The van der Waals surface area contributed by atoms with E-state index in [0.717, 1.165) is 12.3 Å². The third kappa shape index (κ3) is 3.19. The van der Waals surface area contributed by atoms with Gasteiger partial charge in [0.2, 0.25) is 0 Å². The molecule has 0 atom stereocenters. The summed E-state index contributed by atoms with van der Waals surface area (Å²) in [6, 6.07) is 2.72. The third-order valence-corrected chi connectivity index (χ3v) is 2.83. The average Bonchev–Trinajstić information content (AvgIpc) is 2.83. The second kappa shape index (κ2) is 5.66. The second-order valence-corrected chi connectivity index (χ2v) is 4.71. The van der Waals surface area contributed by atoms with Gasteiger partial charge in [-0.3, -0.25) is 4.98 Å². The standard InChI is InChI=1S/C14H15F3N2O/c1-9(2)19-8-13-10(4-6-20-13)11-7-18-5-3-12(11)14(15,16)17/h3-7,9,19H,8H2,1-2H3. The van der Waals surface area contributed by atoms with Crippen molar-refractivity contribution in [2.45, 2.75) is 32.6 Å². The lowest BCUT2D eigenvalue weighted by molar-refractivity contribution is -0.137. The Kier molecular flexibility index (Phi) is 4.13. The Bertz CT molecular complexity index is 576. The molecule has 108 valence electrons. The summed E-state index contributed by atoms with van der Waals surface area (Å²) in [5.41, 5.74) is -0.257. The van der Waals surface area contributed by atoms with Gasteiger partial charge in [0.1, 0.15) is 5.76 Å². The Morgan fingerprint density at radius 1 is 1.25 bits per heavy atom. The maximum absolute atomic E-state index is 13.0. The Labute approximate surface area is 114 Å². The van der Waals surface area contributed by atoms with Gasteiger partial charge in [-0.1, -0.05) is 13.8 Å². The lowest BCUT2D eigenvalue weighted by Crippen LogP contribution is -2.21. The van der Waals surface area contributed by atoms with Crippen molar-refractivity contribution >= 4 is 0 Å². The molecule has 20 heavy (non-hydrogen) atoms. The average molecular weight is 284 g/mol. The number of furan rings is 1. The van der Waals surface area contributed by atoms with Crippen molar-refractivity contribution < 1.29 is 17.6 Å². The molecule has 0 aromatic carbocycles. The van der Waals surface area contributed by atoms with Crippen LogP contribution in [0.1, 0.15) is 25.2 Å². The highest BCUT2D eigenvalue weighted by molar-refractivity contribution is 5.68. The zero-order valence-corrected chi connectivity index (χ0v) is 11.2. The van der Waals surface area contributed by atoms with Gasteiger partial charge in [-0.25, -0.2) is 0 Å². The highest BCUT2D eigenvalue weighted by Crippen LogP contribution is 2.37. The fraction of sp³-hybridized carbons (Fsp3) is 0.357. The Hall–Kier alpha value is -1.82. The van der Waals surface area contributed by atoms with Gasteiger partial charge in [-0.2, -0.15) is 13.2 Å². The number of alkyl halides is 3. The monoisotopic (exact) mass is 284 g/mol. The molecule has 2 heterocycles. The maximum atomic E-state index is 13.0. The summed E-state index contributed by atoms with van der Waals surface area (Å²) in [5.74, 6) is 0.470. The lowest BCUT2D eigenvalue weighted by atomic mass is 10.0. The molecule has 0 aliphatic heterocycles. The van der Waals surface area contributed by atoms with Crippen molar-refractivity contribution in [2.24, 2.45) is 0 Å². The zero-order chi connectivity index (χ0) is 14.8. The first-order valence-electron chi connectivity index (χ1n) is 6.21. The van der Waals surface area contributed by atoms with Crippen LogP contribution >= 0.6 is 0 Å². The molecule has 0 radical (unpaired) electrons. The van der Waals surface area contributed by atoms with Gasteiger partial charge in [0.15, 0.2) is 0 Å². The number of rotatable bonds is 4. The van der Waals surface area contributed by atoms with E-state index in [2.05, 4.69) is 10.3 Å². The van der Waals surface area contributed by atoms with Crippen molar-refractivity contribution in [3.8, 4) is 11.1 Å². The minimum Gasteiger partial charge on any atom is -0.467 e. The topological polar surface area (TPSA) is 38.1 Å². The second-order valence-electron chi connectivity index (χ2n) is 4.71. The van der Waals surface area contributed by atoms with Gasteiger partial charge >= 0.3 is 6.18 Å². The summed E-state index contributed by atoms with van der Waals surface area (Å²) in [5, 5.41) is 3.12. The van der Waals surface area contributed by atoms with Crippen molar-refractivity contribution in [1.82, 2.24) is 10.3 Å². The summed E-state index contributed by atoms with van der Waals surface area (Å²) in [4.78, 5) is 3.79. The zero-order valence-electron chi connectivity index (χ0n) is 11.2. The SMILES string of the molecule is CC(C)NCc1occc1-c1cnccc1C(F)(F)F. The van der Waals surface area contributed by atoms with Crippen molar-refractivity contribution in [3.63, 3.8) is 0 Å². The lowest BCUT2D eigenvalue weighted by Gasteiger charge is -2.13. The molecule has 3 nitrogen and oxygen atoms in total. The first-order valence-corrected chi connectivity index (χ1v) is 6.21. The van der Waals surface area contributed by atoms with Crippen LogP contribution in [0.4, 0.5) is 13.2 Å². The van der Waals surface area contributed by atoms with E-state index in [-0.39, 0.29) is 11.6 Å². The number of nitrogens with zero attached hydrogens (tertiary/aromatic N) is 1. The van der Waals surface area contributed by atoms with E-state index in [1.807, 2.05) is 13.8 Å². The minimum absolute atomic E-state index is 0.0364. The molecular weight excluding hydrogens is 269 g/mol. The summed E-state index contributed by atoms with van der Waals surface area (Å²) in [7, 11) is 0. The Morgan fingerprint density at radius 2 is 2.00 bits per heavy atom. The fourth-order valence-electron chi connectivity index (χ4n) is 1.87. The highest BCUT2D eigenvalue weighted by Gasteiger charge is 2.34. The van der Waals surface area contributed by atoms with Crippen LogP contribution in [0.3, 0.4) is 0 Å². The third-order valence-electron chi connectivity index (χ3n) is 2.83. The molecule has 0 aliphatic carbocycles. The summed E-state index contributed by atoms with van der Waals surface area (Å²) < 4.78 is 44.3. The van der Waals surface area contributed by atoms with Crippen molar-refractivity contribution in [1.29, 1.82) is 0 Å². The molecule has 0 bridgehead atoms. The molecule has 6 heteroatoms. The van der Waals surface area contributed by atoms with Gasteiger partial charge in [-0.15, -0.1) is 0 Å². The molecule has 2 aromatic heterocycles. The van der Waals surface area contributed by atoms with Gasteiger partial charge in [-0.05, 0) is 12.1 Å². The van der Waals surface area contributed by atoms with E-state index in [1.54, 1.807) is 0 Å². The molecule has 0 saturated heterocycles. The van der Waals surface area contributed by atoms with Gasteiger partial charge in [0.05, 0.1) is 18.4 Å². The van der Waals surface area contributed by atoms with E-state index < -0.39 is 11.7 Å². The molecule has 0 fully saturated rings. The molecular formula is C14H15F3N2O. The predicted octanol–water partition coefficient (Wildman–Crippen LogP) is 3.86. The first kappa shape index (κ1) is 14.6. The van der Waals surface area contributed by atoms with Crippen LogP contribution in [0, 0.1) is 0 Å². The van der Waals surface area contributed by atoms with Crippen LogP contribution in [0.5, 0.6) is 0 Å². The van der Waals surface area contributed by atoms with Gasteiger partial charge in [0, 0.05) is 29.6 Å². The van der Waals surface area contributed by atoms with Crippen LogP contribution in [-0.4, -0.2) is 11.0 Å². The molecule has 0 saturated carbocycles. The number of aromatic nitrogens is 1. The van der Waals surface area contributed by atoms with E-state index in [9.17, 15) is 13.2 Å². The van der Waals surface area contributed by atoms with Gasteiger partial charge in [0.25, 0.3) is 0 Å². The Balaban J connectivity index is 2.40. The highest BCUT2D eigenvalue weighted by atomic mass is 19.4. The van der Waals surface area contributed by atoms with Crippen LogP contribution in [0.25, 0.3) is 11.1 Å². The quantitative estimate of drug-likeness (QED) is 0.926.